The largest absolute Gasteiger partial charge is 0.475 e. The number of methoxy groups -OCH3 is 1. The van der Waals surface area contributed by atoms with Gasteiger partial charge in [-0.25, -0.2) is 4.68 Å². The van der Waals surface area contributed by atoms with Gasteiger partial charge in [-0.1, -0.05) is 0 Å². The molecule has 1 rings (SSSR count). The minimum atomic E-state index is -0.567. The maximum atomic E-state index is 10.8. The molecule has 0 saturated carbocycles. The Morgan fingerprint density at radius 3 is 2.86 bits per heavy atom. The van der Waals surface area contributed by atoms with Crippen LogP contribution in [0.25, 0.3) is 0 Å². The van der Waals surface area contributed by atoms with E-state index in [1.807, 2.05) is 0 Å². The molecule has 0 spiro atoms. The van der Waals surface area contributed by atoms with Crippen LogP contribution in [0.15, 0.2) is 6.07 Å². The maximum Gasteiger partial charge on any atom is 0.269 e. The van der Waals surface area contributed by atoms with Gasteiger partial charge < -0.3 is 15.2 Å². The summed E-state index contributed by atoms with van der Waals surface area (Å²) in [5.74, 6) is -0.0713. The van der Waals surface area contributed by atoms with Crippen molar-refractivity contribution < 1.29 is 14.3 Å². The van der Waals surface area contributed by atoms with Crippen molar-refractivity contribution in [1.29, 1.82) is 0 Å². The number of primary amides is 1. The number of rotatable bonds is 5. The van der Waals surface area contributed by atoms with Crippen LogP contribution in [0.3, 0.4) is 0 Å². The van der Waals surface area contributed by atoms with Gasteiger partial charge in [-0.05, 0) is 0 Å². The Morgan fingerprint density at radius 1 is 1.64 bits per heavy atom. The van der Waals surface area contributed by atoms with E-state index < -0.39 is 5.91 Å². The standard InChI is InChI=1S/C8H13N3O3/c1-11-7(14-4-3-13-2)5-6(10-11)8(9)12/h5H,3-4H2,1-2H3,(H2,9,12). The Morgan fingerprint density at radius 2 is 2.36 bits per heavy atom. The molecule has 14 heavy (non-hydrogen) atoms. The number of nitrogens with two attached hydrogens (primary N) is 1. The van der Waals surface area contributed by atoms with E-state index in [9.17, 15) is 4.79 Å². The van der Waals surface area contributed by atoms with Gasteiger partial charge in [-0.2, -0.15) is 5.10 Å². The average molecular weight is 199 g/mol. The second-order valence-corrected chi connectivity index (χ2v) is 2.70. The summed E-state index contributed by atoms with van der Waals surface area (Å²) in [4.78, 5) is 10.8. The van der Waals surface area contributed by atoms with E-state index in [2.05, 4.69) is 5.10 Å². The molecule has 0 aromatic carbocycles. The van der Waals surface area contributed by atoms with Crippen LogP contribution < -0.4 is 10.5 Å². The molecule has 0 aliphatic carbocycles. The third-order valence-electron chi connectivity index (χ3n) is 1.63. The molecule has 0 saturated heterocycles. The molecule has 1 amide bonds. The highest BCUT2D eigenvalue weighted by Gasteiger charge is 2.09. The molecule has 1 heterocycles. The Balaban J connectivity index is 2.63. The van der Waals surface area contributed by atoms with Crippen LogP contribution in [0.4, 0.5) is 0 Å². The zero-order valence-electron chi connectivity index (χ0n) is 8.19. The number of hydrogen-bond acceptors (Lipinski definition) is 4. The highest BCUT2D eigenvalue weighted by atomic mass is 16.5. The zero-order valence-corrected chi connectivity index (χ0v) is 8.19. The first-order valence-electron chi connectivity index (χ1n) is 4.10. The van der Waals surface area contributed by atoms with Gasteiger partial charge in [0.25, 0.3) is 5.91 Å². The molecule has 0 aliphatic rings. The predicted octanol–water partition coefficient (Wildman–Crippen LogP) is -0.456. The maximum absolute atomic E-state index is 10.8. The highest BCUT2D eigenvalue weighted by Crippen LogP contribution is 2.10. The van der Waals surface area contributed by atoms with Gasteiger partial charge in [0, 0.05) is 20.2 Å². The number of aryl methyl sites for hydroxylation is 1. The molecule has 0 bridgehead atoms. The van der Waals surface area contributed by atoms with Crippen LogP contribution in [0.5, 0.6) is 5.88 Å². The summed E-state index contributed by atoms with van der Waals surface area (Å²) in [5.41, 5.74) is 5.25. The van der Waals surface area contributed by atoms with Gasteiger partial charge in [-0.15, -0.1) is 0 Å². The van der Waals surface area contributed by atoms with Crippen molar-refractivity contribution in [2.24, 2.45) is 12.8 Å². The van der Waals surface area contributed by atoms with Crippen LogP contribution >= 0.6 is 0 Å². The number of ether oxygens (including phenoxy) is 2. The summed E-state index contributed by atoms with van der Waals surface area (Å²) in [6.45, 7) is 0.894. The molecule has 0 aliphatic heterocycles. The second kappa shape index (κ2) is 4.61. The number of carbonyl (C=O) groups excluding carboxylic acids is 1. The normalized spacial score (nSPS) is 10.1. The number of amides is 1. The molecule has 2 N–H and O–H groups in total. The van der Waals surface area contributed by atoms with Gasteiger partial charge in [0.2, 0.25) is 5.88 Å². The monoisotopic (exact) mass is 199 g/mol. The first kappa shape index (κ1) is 10.5. The van der Waals surface area contributed by atoms with E-state index in [0.29, 0.717) is 19.1 Å². The molecule has 0 fully saturated rings. The van der Waals surface area contributed by atoms with E-state index in [1.54, 1.807) is 14.2 Å². The van der Waals surface area contributed by atoms with Crippen molar-refractivity contribution in [2.45, 2.75) is 0 Å². The van der Waals surface area contributed by atoms with Crippen molar-refractivity contribution in [3.05, 3.63) is 11.8 Å². The van der Waals surface area contributed by atoms with Crippen molar-refractivity contribution in [1.82, 2.24) is 9.78 Å². The average Bonchev–Trinajstić information content (AvgIpc) is 2.49. The van der Waals surface area contributed by atoms with E-state index >= 15 is 0 Å². The SMILES string of the molecule is COCCOc1cc(C(N)=O)nn1C. The smallest absolute Gasteiger partial charge is 0.269 e. The van der Waals surface area contributed by atoms with E-state index in [0.717, 1.165) is 0 Å². The van der Waals surface area contributed by atoms with E-state index in [-0.39, 0.29) is 5.69 Å². The summed E-state index contributed by atoms with van der Waals surface area (Å²) >= 11 is 0. The fraction of sp³-hybridized carbons (Fsp3) is 0.500. The Hall–Kier alpha value is -1.56. The topological polar surface area (TPSA) is 79.4 Å². The number of aromatic nitrogens is 2. The molecule has 0 radical (unpaired) electrons. The Bertz CT molecular complexity index is 322. The minimum absolute atomic E-state index is 0.194. The van der Waals surface area contributed by atoms with E-state index in [1.165, 1.54) is 10.7 Å². The van der Waals surface area contributed by atoms with Gasteiger partial charge in [0.15, 0.2) is 5.69 Å². The molecule has 1 aromatic heterocycles. The summed E-state index contributed by atoms with van der Waals surface area (Å²) < 4.78 is 11.5. The summed E-state index contributed by atoms with van der Waals surface area (Å²) in [5, 5.41) is 3.87. The van der Waals surface area contributed by atoms with Crippen LogP contribution in [0, 0.1) is 0 Å². The molecule has 0 atom stereocenters. The predicted molar refractivity (Wildman–Crippen MR) is 49.1 cm³/mol. The zero-order chi connectivity index (χ0) is 10.6. The Kier molecular flexibility index (Phi) is 3.47. The van der Waals surface area contributed by atoms with Crippen LogP contribution in [0.1, 0.15) is 10.5 Å². The first-order chi connectivity index (χ1) is 6.65. The molecular formula is C8H13N3O3. The second-order valence-electron chi connectivity index (χ2n) is 2.70. The summed E-state index contributed by atoms with van der Waals surface area (Å²) in [6, 6.07) is 1.50. The lowest BCUT2D eigenvalue weighted by atomic mass is 10.4. The minimum Gasteiger partial charge on any atom is -0.475 e. The van der Waals surface area contributed by atoms with E-state index in [4.69, 9.17) is 15.2 Å². The fourth-order valence-electron chi connectivity index (χ4n) is 0.935. The quantitative estimate of drug-likeness (QED) is 0.651. The number of hydrogen-bond donors (Lipinski definition) is 1. The molecule has 78 valence electrons. The van der Waals surface area contributed by atoms with Crippen molar-refractivity contribution in [3.63, 3.8) is 0 Å². The summed E-state index contributed by atoms with van der Waals surface area (Å²) in [7, 11) is 3.26. The van der Waals surface area contributed by atoms with Crippen LogP contribution in [0.2, 0.25) is 0 Å². The van der Waals surface area contributed by atoms with Crippen LogP contribution in [-0.2, 0) is 11.8 Å². The lowest BCUT2D eigenvalue weighted by Crippen LogP contribution is -2.11. The van der Waals surface area contributed by atoms with Gasteiger partial charge >= 0.3 is 0 Å². The van der Waals surface area contributed by atoms with Crippen molar-refractivity contribution in [2.75, 3.05) is 20.3 Å². The van der Waals surface area contributed by atoms with Crippen LogP contribution in [-0.4, -0.2) is 36.0 Å². The molecule has 0 unspecified atom stereocenters. The number of carbonyl (C=O) groups is 1. The molecular weight excluding hydrogens is 186 g/mol. The summed E-state index contributed by atoms with van der Waals surface area (Å²) in [6.07, 6.45) is 0. The lowest BCUT2D eigenvalue weighted by molar-refractivity contribution is 0.0995. The number of nitrogens with zero attached hydrogens (tertiary/aromatic N) is 2. The lowest BCUT2D eigenvalue weighted by Gasteiger charge is -2.03. The van der Waals surface area contributed by atoms with Gasteiger partial charge in [-0.3, -0.25) is 4.79 Å². The first-order valence-corrected chi connectivity index (χ1v) is 4.10. The highest BCUT2D eigenvalue weighted by molar-refractivity contribution is 5.91. The molecule has 6 nitrogen and oxygen atoms in total. The molecule has 6 heteroatoms. The van der Waals surface area contributed by atoms with Crippen molar-refractivity contribution in [3.8, 4) is 5.88 Å². The molecule has 1 aromatic rings. The van der Waals surface area contributed by atoms with Gasteiger partial charge in [0.1, 0.15) is 6.61 Å². The van der Waals surface area contributed by atoms with Gasteiger partial charge in [0.05, 0.1) is 6.61 Å². The fourth-order valence-corrected chi connectivity index (χ4v) is 0.935. The Labute approximate surface area is 81.6 Å². The third kappa shape index (κ3) is 2.46. The third-order valence-corrected chi connectivity index (χ3v) is 1.63. The van der Waals surface area contributed by atoms with Crippen molar-refractivity contribution >= 4 is 5.91 Å².